The average Bonchev–Trinajstić information content (AvgIpc) is 2.82. The molecule has 2 rings (SSSR count). The van der Waals surface area contributed by atoms with Crippen molar-refractivity contribution in [3.8, 4) is 0 Å². The fraction of sp³-hybridized carbons (Fsp3) is 0.250. The van der Waals surface area contributed by atoms with Crippen LogP contribution in [0.5, 0.6) is 0 Å². The first-order chi connectivity index (χ1) is 6.30. The lowest BCUT2D eigenvalue weighted by Gasteiger charge is -1.94. The maximum Gasteiger partial charge on any atom is 0.134 e. The summed E-state index contributed by atoms with van der Waals surface area (Å²) < 4.78 is 0. The van der Waals surface area contributed by atoms with E-state index in [-0.39, 0.29) is 0 Å². The molecule has 1 atom stereocenters. The van der Waals surface area contributed by atoms with E-state index in [1.807, 2.05) is 0 Å². The molecule has 0 aliphatic carbocycles. The molecule has 0 saturated heterocycles. The summed E-state index contributed by atoms with van der Waals surface area (Å²) in [5.41, 5.74) is 0. The van der Waals surface area contributed by atoms with Gasteiger partial charge in [-0.25, -0.2) is 9.97 Å². The van der Waals surface area contributed by atoms with Crippen LogP contribution in [0.4, 0.5) is 0 Å². The maximum absolute atomic E-state index is 8.82. The molecular weight excluding hydrogens is 168 g/mol. The van der Waals surface area contributed by atoms with Crippen molar-refractivity contribution in [3.63, 3.8) is 0 Å². The van der Waals surface area contributed by atoms with Gasteiger partial charge in [0.05, 0.1) is 6.33 Å². The van der Waals surface area contributed by atoms with E-state index in [4.69, 9.17) is 5.11 Å². The van der Waals surface area contributed by atoms with E-state index in [0.29, 0.717) is 5.82 Å². The topological polar surface area (TPSA) is 77.6 Å². The second kappa shape index (κ2) is 5.10. The van der Waals surface area contributed by atoms with Gasteiger partial charge in [0.2, 0.25) is 0 Å². The molecule has 2 aromatic rings. The van der Waals surface area contributed by atoms with Crippen LogP contribution in [0.1, 0.15) is 18.9 Å². The van der Waals surface area contributed by atoms with E-state index in [1.165, 1.54) is 0 Å². The van der Waals surface area contributed by atoms with Gasteiger partial charge >= 0.3 is 0 Å². The number of nitrogens with zero attached hydrogens (tertiary/aromatic N) is 2. The van der Waals surface area contributed by atoms with Crippen molar-refractivity contribution in [1.82, 2.24) is 19.9 Å². The van der Waals surface area contributed by atoms with Crippen molar-refractivity contribution in [2.45, 2.75) is 13.0 Å². The van der Waals surface area contributed by atoms with E-state index in [9.17, 15) is 0 Å². The highest BCUT2D eigenvalue weighted by Gasteiger charge is 1.98. The lowest BCUT2D eigenvalue weighted by molar-refractivity contribution is 0.190. The summed E-state index contributed by atoms with van der Waals surface area (Å²) in [5, 5.41) is 8.82. The van der Waals surface area contributed by atoms with Crippen LogP contribution in [-0.4, -0.2) is 25.0 Å². The van der Waals surface area contributed by atoms with E-state index >= 15 is 0 Å². The van der Waals surface area contributed by atoms with Gasteiger partial charge < -0.3 is 15.1 Å². The molecule has 3 N–H and O–H groups in total. The minimum absolute atomic E-state index is 0.481. The van der Waals surface area contributed by atoms with Crippen LogP contribution in [0.25, 0.3) is 0 Å². The Morgan fingerprint density at radius 1 is 1.38 bits per heavy atom. The van der Waals surface area contributed by atoms with Gasteiger partial charge in [0.15, 0.2) is 0 Å². The minimum atomic E-state index is -0.481. The molecule has 5 nitrogen and oxygen atoms in total. The van der Waals surface area contributed by atoms with Crippen molar-refractivity contribution < 1.29 is 5.11 Å². The molecule has 0 amide bonds. The number of hydrogen-bond donors (Lipinski definition) is 3. The van der Waals surface area contributed by atoms with Crippen molar-refractivity contribution >= 4 is 0 Å². The van der Waals surface area contributed by atoms with Gasteiger partial charge in [0, 0.05) is 24.8 Å². The van der Waals surface area contributed by atoms with E-state index in [1.54, 1.807) is 38.0 Å². The highest BCUT2D eigenvalue weighted by atomic mass is 16.3. The third kappa shape index (κ3) is 3.53. The summed E-state index contributed by atoms with van der Waals surface area (Å²) in [7, 11) is 0. The van der Waals surface area contributed by atoms with Gasteiger partial charge in [-0.3, -0.25) is 0 Å². The van der Waals surface area contributed by atoms with Crippen molar-refractivity contribution in [2.24, 2.45) is 0 Å². The second-order valence-corrected chi connectivity index (χ2v) is 2.41. The fourth-order valence-corrected chi connectivity index (χ4v) is 0.721. The number of rotatable bonds is 1. The summed E-state index contributed by atoms with van der Waals surface area (Å²) in [6.45, 7) is 1.67. The van der Waals surface area contributed by atoms with Crippen LogP contribution in [0.15, 0.2) is 31.1 Å². The van der Waals surface area contributed by atoms with Crippen LogP contribution >= 0.6 is 0 Å². The Bertz CT molecular complexity index is 271. The Labute approximate surface area is 75.9 Å². The summed E-state index contributed by atoms with van der Waals surface area (Å²) in [6, 6.07) is 0. The molecule has 0 radical (unpaired) electrons. The first-order valence-electron chi connectivity index (χ1n) is 3.91. The molecule has 13 heavy (non-hydrogen) atoms. The summed E-state index contributed by atoms with van der Waals surface area (Å²) in [4.78, 5) is 13.0. The molecule has 0 aliphatic heterocycles. The number of imidazole rings is 2. The number of aromatic amines is 2. The largest absolute Gasteiger partial charge is 0.385 e. The lowest BCUT2D eigenvalue weighted by Crippen LogP contribution is -1.91. The Balaban J connectivity index is 0.000000145. The first-order valence-corrected chi connectivity index (χ1v) is 3.91. The van der Waals surface area contributed by atoms with E-state index < -0.39 is 6.10 Å². The molecule has 1 unspecified atom stereocenters. The smallest absolute Gasteiger partial charge is 0.134 e. The van der Waals surface area contributed by atoms with Gasteiger partial charge in [-0.05, 0) is 6.92 Å². The van der Waals surface area contributed by atoms with Gasteiger partial charge in [0.25, 0.3) is 0 Å². The molecular formula is C8H12N4O. The van der Waals surface area contributed by atoms with E-state index in [0.717, 1.165) is 0 Å². The van der Waals surface area contributed by atoms with E-state index in [2.05, 4.69) is 19.9 Å². The van der Waals surface area contributed by atoms with Gasteiger partial charge in [-0.15, -0.1) is 0 Å². The minimum Gasteiger partial charge on any atom is -0.385 e. The van der Waals surface area contributed by atoms with Crippen LogP contribution in [0, 0.1) is 0 Å². The van der Waals surface area contributed by atoms with Gasteiger partial charge in [0.1, 0.15) is 11.9 Å². The zero-order valence-electron chi connectivity index (χ0n) is 7.31. The van der Waals surface area contributed by atoms with Crippen LogP contribution in [-0.2, 0) is 0 Å². The third-order valence-corrected chi connectivity index (χ3v) is 1.32. The van der Waals surface area contributed by atoms with Crippen LogP contribution < -0.4 is 0 Å². The van der Waals surface area contributed by atoms with Gasteiger partial charge in [-0.2, -0.15) is 0 Å². The quantitative estimate of drug-likeness (QED) is 0.609. The maximum atomic E-state index is 8.82. The number of nitrogens with one attached hydrogen (secondary N) is 2. The summed E-state index contributed by atoms with van der Waals surface area (Å²) >= 11 is 0. The standard InChI is InChI=1S/C5H8N2O.C3H4N2/c1-4(8)5-6-2-3-7-5;1-2-5-3-4-1/h2-4,8H,1H3,(H,6,7);1-3H,(H,4,5). The predicted molar refractivity (Wildman–Crippen MR) is 47.8 cm³/mol. The molecule has 2 aromatic heterocycles. The molecule has 0 bridgehead atoms. The predicted octanol–water partition coefficient (Wildman–Crippen LogP) is 0.873. The number of aliphatic hydroxyl groups excluding tert-OH is 1. The van der Waals surface area contributed by atoms with Crippen molar-refractivity contribution in [2.75, 3.05) is 0 Å². The monoisotopic (exact) mass is 180 g/mol. The number of H-pyrrole nitrogens is 2. The third-order valence-electron chi connectivity index (χ3n) is 1.32. The van der Waals surface area contributed by atoms with Crippen molar-refractivity contribution in [3.05, 3.63) is 36.9 Å². The van der Waals surface area contributed by atoms with Crippen LogP contribution in [0.3, 0.4) is 0 Å². The molecule has 0 aromatic carbocycles. The molecule has 0 saturated carbocycles. The Morgan fingerprint density at radius 2 is 2.23 bits per heavy atom. The number of hydrogen-bond acceptors (Lipinski definition) is 3. The molecule has 0 spiro atoms. The van der Waals surface area contributed by atoms with Gasteiger partial charge in [-0.1, -0.05) is 0 Å². The Morgan fingerprint density at radius 3 is 2.46 bits per heavy atom. The average molecular weight is 180 g/mol. The Kier molecular flexibility index (Phi) is 3.72. The summed E-state index contributed by atoms with van der Waals surface area (Å²) in [6.07, 6.45) is 7.90. The molecule has 70 valence electrons. The zero-order chi connectivity index (χ0) is 9.52. The first kappa shape index (κ1) is 9.47. The second-order valence-electron chi connectivity index (χ2n) is 2.41. The summed E-state index contributed by atoms with van der Waals surface area (Å²) in [5.74, 6) is 0.616. The van der Waals surface area contributed by atoms with Crippen molar-refractivity contribution in [1.29, 1.82) is 0 Å². The fourth-order valence-electron chi connectivity index (χ4n) is 0.721. The zero-order valence-corrected chi connectivity index (χ0v) is 7.31. The Hall–Kier alpha value is -1.62. The SMILES string of the molecule is CC(O)c1ncc[nH]1.c1c[nH]cn1. The molecule has 2 heterocycles. The molecule has 0 fully saturated rings. The lowest BCUT2D eigenvalue weighted by atomic mass is 10.4. The molecule has 5 heteroatoms. The highest BCUT2D eigenvalue weighted by Crippen LogP contribution is 2.01. The normalized spacial score (nSPS) is 11.5. The number of aliphatic hydroxyl groups is 1. The number of aromatic nitrogens is 4. The molecule has 0 aliphatic rings. The van der Waals surface area contributed by atoms with Crippen LogP contribution in [0.2, 0.25) is 0 Å². The highest BCUT2D eigenvalue weighted by molar-refractivity contribution is 4.89.